The van der Waals surface area contributed by atoms with Crippen molar-refractivity contribution in [2.24, 2.45) is 0 Å². The quantitative estimate of drug-likeness (QED) is 0.0518. The lowest BCUT2D eigenvalue weighted by Gasteiger charge is -2.26. The lowest BCUT2D eigenvalue weighted by Crippen LogP contribution is -2.46. The molecule has 3 unspecified atom stereocenters. The molecule has 0 aromatic rings. The summed E-state index contributed by atoms with van der Waals surface area (Å²) in [5.41, 5.74) is 0. The van der Waals surface area contributed by atoms with Gasteiger partial charge >= 0.3 is 7.82 Å². The molecule has 0 spiro atoms. The number of aliphatic hydroxyl groups excluding tert-OH is 1. The molecular weight excluding hydrogens is 515 g/mol. The summed E-state index contributed by atoms with van der Waals surface area (Å²) in [5, 5.41) is 13.6. The molecule has 3 N–H and O–H groups in total. The molecule has 0 aliphatic carbocycles. The Morgan fingerprint density at radius 2 is 1.23 bits per heavy atom. The van der Waals surface area contributed by atoms with Gasteiger partial charge in [0, 0.05) is 6.42 Å². The maximum Gasteiger partial charge on any atom is 0.472 e. The summed E-state index contributed by atoms with van der Waals surface area (Å²) in [6.07, 6.45) is 20.1. The van der Waals surface area contributed by atoms with Crippen LogP contribution in [0, 0.1) is 0 Å². The van der Waals surface area contributed by atoms with E-state index in [4.69, 9.17) is 9.05 Å². The Balaban J connectivity index is 4.42. The highest BCUT2D eigenvalue weighted by Crippen LogP contribution is 2.43. The van der Waals surface area contributed by atoms with Crippen LogP contribution in [0.5, 0.6) is 0 Å². The van der Waals surface area contributed by atoms with Crippen molar-refractivity contribution in [3.8, 4) is 0 Å². The van der Waals surface area contributed by atoms with Gasteiger partial charge in [0.1, 0.15) is 13.2 Å². The van der Waals surface area contributed by atoms with Gasteiger partial charge in [-0.25, -0.2) is 4.57 Å². The number of carbonyl (C=O) groups is 1. The zero-order valence-corrected chi connectivity index (χ0v) is 27.0. The number of likely N-dealkylation sites (N-methyl/N-ethyl adjacent to an activating group) is 1. The lowest BCUT2D eigenvalue weighted by atomic mass is 10.0. The molecule has 234 valence electrons. The number of nitrogens with one attached hydrogen (secondary N) is 1. The average molecular weight is 580 g/mol. The van der Waals surface area contributed by atoms with Crippen molar-refractivity contribution in [2.45, 2.75) is 148 Å². The molecule has 9 heteroatoms. The molecule has 0 saturated carbocycles. The number of amides is 1. The molecule has 1 amide bonds. The third kappa shape index (κ3) is 26.2. The minimum Gasteiger partial charge on any atom is -0.391 e. The van der Waals surface area contributed by atoms with Gasteiger partial charge in [-0.1, -0.05) is 117 Å². The summed E-state index contributed by atoms with van der Waals surface area (Å²) < 4.78 is 23.2. The predicted molar refractivity (Wildman–Crippen MR) is 162 cm³/mol. The highest BCUT2D eigenvalue weighted by Gasteiger charge is 2.28. The van der Waals surface area contributed by atoms with Gasteiger partial charge in [0.05, 0.1) is 39.9 Å². The van der Waals surface area contributed by atoms with Crippen LogP contribution in [-0.4, -0.2) is 73.4 Å². The number of phosphoric ester groups is 1. The Bertz CT molecular complexity index is 629. The molecule has 39 heavy (non-hydrogen) atoms. The summed E-state index contributed by atoms with van der Waals surface area (Å²) in [6.45, 7) is 4.76. The highest BCUT2D eigenvalue weighted by molar-refractivity contribution is 7.47. The number of hydrogen-bond donors (Lipinski definition) is 3. The van der Waals surface area contributed by atoms with Crippen LogP contribution >= 0.6 is 7.82 Å². The summed E-state index contributed by atoms with van der Waals surface area (Å²) in [4.78, 5) is 22.7. The largest absolute Gasteiger partial charge is 0.472 e. The zero-order chi connectivity index (χ0) is 29.4. The van der Waals surface area contributed by atoms with Crippen molar-refractivity contribution in [1.82, 2.24) is 5.32 Å². The van der Waals surface area contributed by atoms with E-state index in [1.165, 1.54) is 57.8 Å². The predicted octanol–water partition coefficient (Wildman–Crippen LogP) is 7.12. The van der Waals surface area contributed by atoms with Crippen molar-refractivity contribution in [3.05, 3.63) is 0 Å². The molecule has 0 aromatic carbocycles. The fraction of sp³-hybridized carbons (Fsp3) is 0.967. The van der Waals surface area contributed by atoms with Gasteiger partial charge in [-0.15, -0.1) is 0 Å². The molecular formula is C30H64N2O6P+. The van der Waals surface area contributed by atoms with Gasteiger partial charge < -0.3 is 19.8 Å². The standard InChI is InChI=1S/C30H63N2O6P/c1-6-8-10-12-13-14-15-16-17-18-20-22-24-30(34)31-28(29(33)23-21-19-11-9-7-2)27-38-39(35,36)37-26-25-32(3,4)5/h28-29,33H,6-27H2,1-5H3,(H-,31,34,35,36)/p+1. The second-order valence-electron chi connectivity index (χ2n) is 12.2. The monoisotopic (exact) mass is 579 g/mol. The van der Waals surface area contributed by atoms with E-state index < -0.39 is 20.0 Å². The van der Waals surface area contributed by atoms with Gasteiger partial charge in [-0.3, -0.25) is 13.8 Å². The van der Waals surface area contributed by atoms with Crippen LogP contribution in [0.3, 0.4) is 0 Å². The van der Waals surface area contributed by atoms with Crippen LogP contribution in [-0.2, 0) is 18.4 Å². The van der Waals surface area contributed by atoms with Crippen LogP contribution < -0.4 is 5.32 Å². The van der Waals surface area contributed by atoms with Crippen LogP contribution in [0.1, 0.15) is 136 Å². The van der Waals surface area contributed by atoms with E-state index >= 15 is 0 Å². The second kappa shape index (κ2) is 24.1. The molecule has 0 saturated heterocycles. The molecule has 0 aliphatic rings. The van der Waals surface area contributed by atoms with Crippen LogP contribution in [0.15, 0.2) is 0 Å². The van der Waals surface area contributed by atoms with Crippen LogP contribution in [0.2, 0.25) is 0 Å². The van der Waals surface area contributed by atoms with Crippen molar-refractivity contribution in [2.75, 3.05) is 40.9 Å². The third-order valence-corrected chi connectivity index (χ3v) is 8.09. The Hall–Kier alpha value is -0.500. The summed E-state index contributed by atoms with van der Waals surface area (Å²) in [7, 11) is 1.61. The lowest BCUT2D eigenvalue weighted by molar-refractivity contribution is -0.870. The number of nitrogens with zero attached hydrogens (tertiary/aromatic N) is 1. The zero-order valence-electron chi connectivity index (χ0n) is 26.1. The molecule has 0 aliphatic heterocycles. The van der Waals surface area contributed by atoms with E-state index in [1.807, 2.05) is 21.1 Å². The van der Waals surface area contributed by atoms with E-state index in [1.54, 1.807) is 0 Å². The maximum atomic E-state index is 12.6. The number of aliphatic hydroxyl groups is 1. The number of phosphoric acid groups is 1. The molecule has 3 atom stereocenters. The molecule has 8 nitrogen and oxygen atoms in total. The van der Waals surface area contributed by atoms with Crippen molar-refractivity contribution in [1.29, 1.82) is 0 Å². The molecule has 0 radical (unpaired) electrons. The first-order chi connectivity index (χ1) is 18.5. The fourth-order valence-electron chi connectivity index (χ4n) is 4.45. The van der Waals surface area contributed by atoms with Crippen molar-refractivity contribution < 1.29 is 32.9 Å². The summed E-state index contributed by atoms with van der Waals surface area (Å²) in [6, 6.07) is -0.747. The first-order valence-corrected chi connectivity index (χ1v) is 17.4. The molecule has 0 aromatic heterocycles. The number of quaternary nitrogens is 1. The van der Waals surface area contributed by atoms with E-state index in [0.717, 1.165) is 51.4 Å². The van der Waals surface area contributed by atoms with Crippen LogP contribution in [0.4, 0.5) is 0 Å². The Morgan fingerprint density at radius 1 is 0.769 bits per heavy atom. The summed E-state index contributed by atoms with van der Waals surface area (Å²) >= 11 is 0. The van der Waals surface area contributed by atoms with Gasteiger partial charge in [-0.05, 0) is 12.8 Å². The maximum absolute atomic E-state index is 12.6. The first-order valence-electron chi connectivity index (χ1n) is 15.9. The fourth-order valence-corrected chi connectivity index (χ4v) is 5.19. The topological polar surface area (TPSA) is 105 Å². The summed E-state index contributed by atoms with van der Waals surface area (Å²) in [5.74, 6) is -0.153. The average Bonchev–Trinajstić information content (AvgIpc) is 2.86. The Labute approximate surface area is 240 Å². The number of carbonyl (C=O) groups excluding carboxylic acids is 1. The van der Waals surface area contributed by atoms with Crippen molar-refractivity contribution >= 4 is 13.7 Å². The minimum atomic E-state index is -4.28. The Kier molecular flexibility index (Phi) is 23.8. The van der Waals surface area contributed by atoms with Gasteiger partial charge in [-0.2, -0.15) is 0 Å². The van der Waals surface area contributed by atoms with E-state index in [2.05, 4.69) is 19.2 Å². The molecule has 0 bridgehead atoms. The second-order valence-corrected chi connectivity index (χ2v) is 13.6. The van der Waals surface area contributed by atoms with Gasteiger partial charge in [0.15, 0.2) is 0 Å². The SMILES string of the molecule is CCCCCCCCCCCCCCC(=O)NC(COP(=O)(O)OCC[N+](C)(C)C)C(O)CCCCCCC. The van der Waals surface area contributed by atoms with E-state index in [0.29, 0.717) is 23.9 Å². The number of hydrogen-bond acceptors (Lipinski definition) is 5. The smallest absolute Gasteiger partial charge is 0.391 e. The van der Waals surface area contributed by atoms with E-state index in [-0.39, 0.29) is 19.1 Å². The van der Waals surface area contributed by atoms with Gasteiger partial charge in [0.2, 0.25) is 5.91 Å². The molecule has 0 fully saturated rings. The van der Waals surface area contributed by atoms with E-state index in [9.17, 15) is 19.4 Å². The highest BCUT2D eigenvalue weighted by atomic mass is 31.2. The van der Waals surface area contributed by atoms with Crippen molar-refractivity contribution in [3.63, 3.8) is 0 Å². The number of rotatable bonds is 28. The normalized spacial score (nSPS) is 15.2. The third-order valence-electron chi connectivity index (χ3n) is 7.11. The van der Waals surface area contributed by atoms with Crippen LogP contribution in [0.25, 0.3) is 0 Å². The van der Waals surface area contributed by atoms with Gasteiger partial charge in [0.25, 0.3) is 0 Å². The number of unbranched alkanes of at least 4 members (excludes halogenated alkanes) is 15. The Morgan fingerprint density at radius 3 is 1.72 bits per heavy atom. The molecule has 0 rings (SSSR count). The molecule has 0 heterocycles. The minimum absolute atomic E-state index is 0.0766. The first kappa shape index (κ1) is 38.5.